The van der Waals surface area contributed by atoms with E-state index in [0.29, 0.717) is 57.2 Å². The Balaban J connectivity index is 1.29. The lowest BCUT2D eigenvalue weighted by atomic mass is 10.0. The van der Waals surface area contributed by atoms with Gasteiger partial charge in [-0.3, -0.25) is 14.8 Å². The summed E-state index contributed by atoms with van der Waals surface area (Å²) in [5, 5.41) is 10.5. The van der Waals surface area contributed by atoms with Gasteiger partial charge in [0.25, 0.3) is 0 Å². The molecule has 0 unspecified atom stereocenters. The number of hydrogen-bond acceptors (Lipinski definition) is 8. The highest BCUT2D eigenvalue weighted by Gasteiger charge is 2.34. The van der Waals surface area contributed by atoms with Gasteiger partial charge in [-0.15, -0.1) is 0 Å². The minimum atomic E-state index is -0.523. The number of aromatic amines is 1. The van der Waals surface area contributed by atoms with Crippen LogP contribution in [0.5, 0.6) is 5.75 Å². The van der Waals surface area contributed by atoms with Crippen molar-refractivity contribution in [2.24, 2.45) is 0 Å². The molecule has 38 heavy (non-hydrogen) atoms. The summed E-state index contributed by atoms with van der Waals surface area (Å²) in [6.45, 7) is 10.5. The van der Waals surface area contributed by atoms with Crippen LogP contribution in [0, 0.1) is 0 Å². The number of anilines is 2. The first kappa shape index (κ1) is 25.7. The Labute approximate surface area is 221 Å². The van der Waals surface area contributed by atoms with Crippen LogP contribution in [-0.2, 0) is 20.7 Å². The highest BCUT2D eigenvalue weighted by atomic mass is 16.6. The van der Waals surface area contributed by atoms with Crippen molar-refractivity contribution >= 4 is 29.6 Å². The molecule has 12 nitrogen and oxygen atoms in total. The Morgan fingerprint density at radius 1 is 1.21 bits per heavy atom. The lowest BCUT2D eigenvalue weighted by Gasteiger charge is -2.36. The van der Waals surface area contributed by atoms with Crippen molar-refractivity contribution in [3.8, 4) is 17.0 Å². The molecule has 2 aromatic rings. The second-order valence-electron chi connectivity index (χ2n) is 10.7. The van der Waals surface area contributed by atoms with Crippen molar-refractivity contribution in [2.75, 3.05) is 55.7 Å². The molecule has 0 radical (unpaired) electrons. The molecule has 3 amide bonds. The van der Waals surface area contributed by atoms with E-state index < -0.39 is 17.8 Å². The van der Waals surface area contributed by atoms with Crippen LogP contribution in [0.3, 0.4) is 0 Å². The van der Waals surface area contributed by atoms with Crippen molar-refractivity contribution < 1.29 is 28.6 Å². The van der Waals surface area contributed by atoms with E-state index in [1.54, 1.807) is 9.80 Å². The Morgan fingerprint density at radius 2 is 1.97 bits per heavy atom. The van der Waals surface area contributed by atoms with Crippen LogP contribution < -0.4 is 19.9 Å². The van der Waals surface area contributed by atoms with Crippen molar-refractivity contribution in [3.63, 3.8) is 0 Å². The van der Waals surface area contributed by atoms with Crippen LogP contribution in [-0.4, -0.2) is 90.8 Å². The molecule has 204 valence electrons. The van der Waals surface area contributed by atoms with Crippen LogP contribution in [0.4, 0.5) is 21.1 Å². The first-order valence-electron chi connectivity index (χ1n) is 12.9. The normalized spacial score (nSPS) is 19.2. The molecule has 2 fully saturated rings. The van der Waals surface area contributed by atoms with Crippen molar-refractivity contribution in [1.29, 1.82) is 0 Å². The van der Waals surface area contributed by atoms with Gasteiger partial charge in [0.2, 0.25) is 5.91 Å². The summed E-state index contributed by atoms with van der Waals surface area (Å²) >= 11 is 0. The zero-order valence-electron chi connectivity index (χ0n) is 22.2. The minimum Gasteiger partial charge on any atom is -0.492 e. The lowest BCUT2D eigenvalue weighted by molar-refractivity contribution is -0.119. The molecule has 2 saturated heterocycles. The van der Waals surface area contributed by atoms with Crippen LogP contribution >= 0.6 is 0 Å². The van der Waals surface area contributed by atoms with Gasteiger partial charge in [-0.1, -0.05) is 0 Å². The second kappa shape index (κ2) is 10.1. The fraction of sp³-hybridized carbons (Fsp3) is 0.538. The Hall–Kier alpha value is -3.96. The van der Waals surface area contributed by atoms with Gasteiger partial charge in [0.15, 0.2) is 5.82 Å². The standard InChI is InChI=1S/C26H34N6O6/c1-16(33)27-14-18-15-32(25(35)37-18)17-5-6-19-21(13-17)36-12-7-20-22(19)28-29-23(20)30-8-10-31(11-9-30)24(34)38-26(2,3)4/h5-6,13,18H,7-12,14-15H2,1-4H3,(H,27,33)(H,28,29)/t18-/m0/s1. The summed E-state index contributed by atoms with van der Waals surface area (Å²) in [5.41, 5.74) is 2.97. The third-order valence-electron chi connectivity index (χ3n) is 6.68. The summed E-state index contributed by atoms with van der Waals surface area (Å²) < 4.78 is 17.0. The number of benzene rings is 1. The van der Waals surface area contributed by atoms with E-state index in [1.165, 1.54) is 6.92 Å². The first-order chi connectivity index (χ1) is 18.1. The smallest absolute Gasteiger partial charge is 0.414 e. The van der Waals surface area contributed by atoms with E-state index >= 15 is 0 Å². The molecule has 0 saturated carbocycles. The van der Waals surface area contributed by atoms with Gasteiger partial charge in [0, 0.05) is 56.7 Å². The molecule has 5 rings (SSSR count). The summed E-state index contributed by atoms with van der Waals surface area (Å²) in [6.07, 6.45) is -0.491. The number of cyclic esters (lactones) is 1. The zero-order valence-corrected chi connectivity index (χ0v) is 22.2. The molecular formula is C26H34N6O6. The molecule has 2 N–H and O–H groups in total. The summed E-state index contributed by atoms with van der Waals surface area (Å²) in [5.74, 6) is 1.36. The third kappa shape index (κ3) is 5.34. The molecule has 1 aromatic carbocycles. The monoisotopic (exact) mass is 526 g/mol. The molecule has 0 spiro atoms. The van der Waals surface area contributed by atoms with Crippen molar-refractivity contribution in [3.05, 3.63) is 23.8 Å². The molecular weight excluding hydrogens is 492 g/mol. The van der Waals surface area contributed by atoms with Crippen molar-refractivity contribution in [1.82, 2.24) is 20.4 Å². The molecule has 1 atom stereocenters. The lowest BCUT2D eigenvalue weighted by Crippen LogP contribution is -2.50. The number of nitrogens with zero attached hydrogens (tertiary/aromatic N) is 4. The van der Waals surface area contributed by atoms with Gasteiger partial charge in [-0.25, -0.2) is 9.59 Å². The maximum absolute atomic E-state index is 12.5. The van der Waals surface area contributed by atoms with E-state index in [1.807, 2.05) is 39.0 Å². The van der Waals surface area contributed by atoms with Crippen LogP contribution in [0.2, 0.25) is 0 Å². The van der Waals surface area contributed by atoms with E-state index in [9.17, 15) is 14.4 Å². The number of carbonyl (C=O) groups is 3. The molecule has 1 aromatic heterocycles. The summed E-state index contributed by atoms with van der Waals surface area (Å²) in [6, 6.07) is 5.62. The van der Waals surface area contributed by atoms with Crippen LogP contribution in [0.25, 0.3) is 11.3 Å². The fourth-order valence-electron chi connectivity index (χ4n) is 4.87. The number of hydrogen-bond donors (Lipinski definition) is 2. The maximum atomic E-state index is 12.5. The Kier molecular flexibility index (Phi) is 6.80. The zero-order chi connectivity index (χ0) is 27.0. The highest BCUT2D eigenvalue weighted by molar-refractivity contribution is 5.91. The van der Waals surface area contributed by atoms with Gasteiger partial charge in [-0.2, -0.15) is 5.10 Å². The number of amides is 3. The fourth-order valence-corrected chi connectivity index (χ4v) is 4.87. The van der Waals surface area contributed by atoms with Gasteiger partial charge < -0.3 is 29.3 Å². The number of rotatable bonds is 4. The molecule has 0 aliphatic carbocycles. The molecule has 4 heterocycles. The SMILES string of the molecule is CC(=O)NC[C@H]1CN(c2ccc3c(c2)OCCc2c(N4CCN(C(=O)OC(C)(C)C)CC4)n[nH]c2-3)C(=O)O1. The average Bonchev–Trinajstić information content (AvgIpc) is 3.40. The summed E-state index contributed by atoms with van der Waals surface area (Å²) in [4.78, 5) is 41.6. The number of piperazine rings is 1. The first-order valence-corrected chi connectivity index (χ1v) is 12.9. The van der Waals surface area contributed by atoms with Crippen LogP contribution in [0.15, 0.2) is 18.2 Å². The Morgan fingerprint density at radius 3 is 2.68 bits per heavy atom. The van der Waals surface area contributed by atoms with Crippen molar-refractivity contribution in [2.45, 2.75) is 45.8 Å². The topological polar surface area (TPSA) is 129 Å². The molecule has 3 aliphatic heterocycles. The second-order valence-corrected chi connectivity index (χ2v) is 10.7. The number of carbonyl (C=O) groups excluding carboxylic acids is 3. The largest absolute Gasteiger partial charge is 0.492 e. The highest BCUT2D eigenvalue weighted by Crippen LogP contribution is 2.40. The third-order valence-corrected chi connectivity index (χ3v) is 6.68. The summed E-state index contributed by atoms with van der Waals surface area (Å²) in [7, 11) is 0. The molecule has 3 aliphatic rings. The molecule has 0 bridgehead atoms. The van der Waals surface area contributed by atoms with E-state index in [2.05, 4.69) is 20.4 Å². The number of ether oxygens (including phenoxy) is 3. The maximum Gasteiger partial charge on any atom is 0.414 e. The van der Waals surface area contributed by atoms with Gasteiger partial charge in [0.1, 0.15) is 17.5 Å². The van der Waals surface area contributed by atoms with Gasteiger partial charge in [-0.05, 0) is 32.9 Å². The van der Waals surface area contributed by atoms with E-state index in [4.69, 9.17) is 14.2 Å². The Bertz CT molecular complexity index is 1230. The van der Waals surface area contributed by atoms with Gasteiger partial charge in [0.05, 0.1) is 31.1 Å². The van der Waals surface area contributed by atoms with E-state index in [0.717, 1.165) is 22.6 Å². The van der Waals surface area contributed by atoms with Gasteiger partial charge >= 0.3 is 12.2 Å². The van der Waals surface area contributed by atoms with Crippen LogP contribution in [0.1, 0.15) is 33.3 Å². The minimum absolute atomic E-state index is 0.169. The quantitative estimate of drug-likeness (QED) is 0.622. The predicted octanol–water partition coefficient (Wildman–Crippen LogP) is 2.53. The average molecular weight is 527 g/mol. The predicted molar refractivity (Wildman–Crippen MR) is 140 cm³/mol. The number of nitrogens with one attached hydrogen (secondary N) is 2. The number of aromatic nitrogens is 2. The number of H-pyrrole nitrogens is 1. The van der Waals surface area contributed by atoms with E-state index in [-0.39, 0.29) is 18.5 Å². The number of fused-ring (bicyclic) bond motifs is 3. The molecule has 12 heteroatoms.